The van der Waals surface area contributed by atoms with E-state index in [4.69, 9.17) is 5.73 Å². The number of nitrogens with two attached hydrogens (primary N) is 1. The summed E-state index contributed by atoms with van der Waals surface area (Å²) in [6, 6.07) is 8.71. The molecule has 142 valence electrons. The van der Waals surface area contributed by atoms with Crippen LogP contribution in [-0.2, 0) is 17.8 Å². The van der Waals surface area contributed by atoms with Crippen LogP contribution in [0, 0.1) is 5.92 Å². The number of carbonyl (C=O) groups is 1. The van der Waals surface area contributed by atoms with Crippen molar-refractivity contribution in [3.63, 3.8) is 0 Å². The number of piperidine rings is 1. The SMILES string of the molecule is CC(N)C1CCCN(C(=O)C(C)N2CCc3ccccc3C2)C1.Cl.Cl. The Morgan fingerprint density at radius 2 is 1.84 bits per heavy atom. The molecule has 1 fully saturated rings. The molecule has 0 aromatic heterocycles. The van der Waals surface area contributed by atoms with Gasteiger partial charge in [-0.3, -0.25) is 9.69 Å². The van der Waals surface area contributed by atoms with E-state index in [-0.39, 0.29) is 42.8 Å². The molecule has 2 N–H and O–H groups in total. The van der Waals surface area contributed by atoms with Gasteiger partial charge in [0.1, 0.15) is 0 Å². The van der Waals surface area contributed by atoms with Crippen LogP contribution >= 0.6 is 24.8 Å². The predicted octanol–water partition coefficient (Wildman–Crippen LogP) is 2.86. The van der Waals surface area contributed by atoms with Crippen LogP contribution in [0.1, 0.15) is 37.8 Å². The maximum atomic E-state index is 12.9. The fourth-order valence-corrected chi connectivity index (χ4v) is 3.91. The number of rotatable bonds is 3. The number of fused-ring (bicyclic) bond motifs is 1. The normalized spacial score (nSPS) is 22.8. The zero-order chi connectivity index (χ0) is 16.4. The summed E-state index contributed by atoms with van der Waals surface area (Å²) in [6.45, 7) is 7.68. The topological polar surface area (TPSA) is 49.6 Å². The molecule has 25 heavy (non-hydrogen) atoms. The van der Waals surface area contributed by atoms with Crippen LogP contribution in [0.5, 0.6) is 0 Å². The molecule has 0 saturated carbocycles. The van der Waals surface area contributed by atoms with Crippen molar-refractivity contribution in [2.75, 3.05) is 19.6 Å². The number of carbonyl (C=O) groups excluding carboxylic acids is 1. The fourth-order valence-electron chi connectivity index (χ4n) is 3.91. The van der Waals surface area contributed by atoms with Crippen LogP contribution in [0.25, 0.3) is 0 Å². The van der Waals surface area contributed by atoms with Crippen molar-refractivity contribution in [2.24, 2.45) is 11.7 Å². The van der Waals surface area contributed by atoms with Gasteiger partial charge in [0.2, 0.25) is 5.91 Å². The number of halogens is 2. The van der Waals surface area contributed by atoms with Gasteiger partial charge in [0.25, 0.3) is 0 Å². The summed E-state index contributed by atoms with van der Waals surface area (Å²) in [5.74, 6) is 0.719. The Kier molecular flexibility index (Phi) is 8.69. The third-order valence-corrected chi connectivity index (χ3v) is 5.58. The molecule has 6 heteroatoms. The predicted molar refractivity (Wildman–Crippen MR) is 107 cm³/mol. The largest absolute Gasteiger partial charge is 0.341 e. The van der Waals surface area contributed by atoms with Crippen molar-refractivity contribution in [1.29, 1.82) is 0 Å². The van der Waals surface area contributed by atoms with Crippen molar-refractivity contribution in [3.05, 3.63) is 35.4 Å². The molecule has 3 unspecified atom stereocenters. The Hall–Kier alpha value is -0.810. The van der Waals surface area contributed by atoms with Gasteiger partial charge >= 0.3 is 0 Å². The Morgan fingerprint density at radius 3 is 2.52 bits per heavy atom. The number of likely N-dealkylation sites (tertiary alicyclic amines) is 1. The van der Waals surface area contributed by atoms with Gasteiger partial charge in [0, 0.05) is 32.2 Å². The Bertz CT molecular complexity index is 567. The molecular weight excluding hydrogens is 357 g/mol. The first-order chi connectivity index (χ1) is 11.1. The highest BCUT2D eigenvalue weighted by atomic mass is 35.5. The molecule has 0 spiro atoms. The summed E-state index contributed by atoms with van der Waals surface area (Å²) in [4.78, 5) is 17.3. The zero-order valence-electron chi connectivity index (χ0n) is 15.2. The summed E-state index contributed by atoms with van der Waals surface area (Å²) >= 11 is 0. The Balaban J connectivity index is 0.00000156. The van der Waals surface area contributed by atoms with E-state index >= 15 is 0 Å². The summed E-state index contributed by atoms with van der Waals surface area (Å²) in [6.07, 6.45) is 3.26. The molecule has 2 heterocycles. The smallest absolute Gasteiger partial charge is 0.239 e. The maximum Gasteiger partial charge on any atom is 0.239 e. The van der Waals surface area contributed by atoms with Crippen molar-refractivity contribution in [1.82, 2.24) is 9.80 Å². The quantitative estimate of drug-likeness (QED) is 0.866. The summed E-state index contributed by atoms with van der Waals surface area (Å²) in [5.41, 5.74) is 8.85. The first kappa shape index (κ1) is 22.2. The van der Waals surface area contributed by atoms with Gasteiger partial charge in [-0.2, -0.15) is 0 Å². The highest BCUT2D eigenvalue weighted by Gasteiger charge is 2.32. The summed E-state index contributed by atoms with van der Waals surface area (Å²) < 4.78 is 0. The van der Waals surface area contributed by atoms with Crippen molar-refractivity contribution >= 4 is 30.7 Å². The minimum absolute atomic E-state index is 0. The minimum Gasteiger partial charge on any atom is -0.341 e. The third kappa shape index (κ3) is 5.10. The summed E-state index contributed by atoms with van der Waals surface area (Å²) in [7, 11) is 0. The van der Waals surface area contributed by atoms with Gasteiger partial charge in [-0.25, -0.2) is 0 Å². The zero-order valence-corrected chi connectivity index (χ0v) is 16.8. The molecule has 4 nitrogen and oxygen atoms in total. The molecule has 1 saturated heterocycles. The first-order valence-corrected chi connectivity index (χ1v) is 8.91. The second-order valence-electron chi connectivity index (χ2n) is 7.21. The van der Waals surface area contributed by atoms with Crippen LogP contribution in [0.15, 0.2) is 24.3 Å². The summed E-state index contributed by atoms with van der Waals surface area (Å²) in [5, 5.41) is 0. The number of hydrogen-bond donors (Lipinski definition) is 1. The van der Waals surface area contributed by atoms with E-state index in [0.29, 0.717) is 5.92 Å². The Labute approximate surface area is 163 Å². The molecule has 0 radical (unpaired) electrons. The average Bonchev–Trinajstić information content (AvgIpc) is 2.60. The highest BCUT2D eigenvalue weighted by Crippen LogP contribution is 2.23. The molecule has 2 aliphatic rings. The van der Waals surface area contributed by atoms with Crippen LogP contribution in [0.2, 0.25) is 0 Å². The third-order valence-electron chi connectivity index (χ3n) is 5.58. The van der Waals surface area contributed by atoms with E-state index < -0.39 is 0 Å². The van der Waals surface area contributed by atoms with Gasteiger partial charge in [-0.15, -0.1) is 24.8 Å². The van der Waals surface area contributed by atoms with E-state index in [1.54, 1.807) is 0 Å². The number of benzene rings is 1. The molecule has 3 rings (SSSR count). The lowest BCUT2D eigenvalue weighted by atomic mass is 9.91. The monoisotopic (exact) mass is 387 g/mol. The number of nitrogens with zero attached hydrogens (tertiary/aromatic N) is 2. The Morgan fingerprint density at radius 1 is 1.16 bits per heavy atom. The first-order valence-electron chi connectivity index (χ1n) is 8.91. The maximum absolute atomic E-state index is 12.9. The van der Waals surface area contributed by atoms with E-state index in [1.807, 2.05) is 4.90 Å². The van der Waals surface area contributed by atoms with E-state index in [1.165, 1.54) is 11.1 Å². The second kappa shape index (κ2) is 9.77. The number of amides is 1. The molecule has 1 amide bonds. The van der Waals surface area contributed by atoms with Crippen LogP contribution in [0.3, 0.4) is 0 Å². The second-order valence-corrected chi connectivity index (χ2v) is 7.21. The van der Waals surface area contributed by atoms with Gasteiger partial charge < -0.3 is 10.6 Å². The van der Waals surface area contributed by atoms with E-state index in [9.17, 15) is 4.79 Å². The van der Waals surface area contributed by atoms with Crippen molar-refractivity contribution in [2.45, 2.75) is 51.7 Å². The van der Waals surface area contributed by atoms with Gasteiger partial charge in [-0.05, 0) is 50.2 Å². The molecular formula is C19H31Cl2N3O. The molecule has 1 aromatic rings. The van der Waals surface area contributed by atoms with Crippen molar-refractivity contribution < 1.29 is 4.79 Å². The van der Waals surface area contributed by atoms with E-state index in [0.717, 1.165) is 45.4 Å². The lowest BCUT2D eigenvalue weighted by Crippen LogP contribution is -2.52. The molecule has 0 bridgehead atoms. The van der Waals surface area contributed by atoms with Crippen LogP contribution in [-0.4, -0.2) is 47.4 Å². The standard InChI is InChI=1S/C19H29N3O.2ClH/c1-14(20)17-8-5-10-22(12-17)19(23)15(2)21-11-9-16-6-3-4-7-18(16)13-21;;/h3-4,6-7,14-15,17H,5,8-13,20H2,1-2H3;2*1H. The van der Waals surface area contributed by atoms with Crippen LogP contribution < -0.4 is 5.73 Å². The van der Waals surface area contributed by atoms with E-state index in [2.05, 4.69) is 43.0 Å². The molecule has 2 aliphatic heterocycles. The molecule has 0 aliphatic carbocycles. The molecule has 3 atom stereocenters. The lowest BCUT2D eigenvalue weighted by Gasteiger charge is -2.39. The molecule has 1 aromatic carbocycles. The van der Waals surface area contributed by atoms with Crippen molar-refractivity contribution in [3.8, 4) is 0 Å². The van der Waals surface area contributed by atoms with Crippen LogP contribution in [0.4, 0.5) is 0 Å². The van der Waals surface area contributed by atoms with Gasteiger partial charge in [-0.1, -0.05) is 24.3 Å². The highest BCUT2D eigenvalue weighted by molar-refractivity contribution is 5.85. The fraction of sp³-hybridized carbons (Fsp3) is 0.632. The minimum atomic E-state index is -0.0461. The van der Waals surface area contributed by atoms with Gasteiger partial charge in [0.05, 0.1) is 6.04 Å². The van der Waals surface area contributed by atoms with Gasteiger partial charge in [0.15, 0.2) is 0 Å². The lowest BCUT2D eigenvalue weighted by molar-refractivity contribution is -0.138. The average molecular weight is 388 g/mol. The number of hydrogen-bond acceptors (Lipinski definition) is 3.